The molecular formula is C22H25NO5S. The maximum atomic E-state index is 13.3. The van der Waals surface area contributed by atoms with Crippen LogP contribution in [0.25, 0.3) is 0 Å². The second kappa shape index (κ2) is 6.85. The standard InChI is InChI=1S/C22H25NO5S/c1-14-7-4-5-8-18(14)29(26,27)15-10-11-17-16(13-15)20(21(25)22(2,3)28-17)23-12-6-9-19(23)24/h4-5,7-8,10-11,13,20-21,25H,6,9,12H2,1-3H3/t20-,21+/m1/s1. The molecule has 6 nitrogen and oxygen atoms in total. The molecule has 2 heterocycles. The van der Waals surface area contributed by atoms with Crippen molar-refractivity contribution in [2.45, 2.75) is 61.2 Å². The van der Waals surface area contributed by atoms with Gasteiger partial charge in [-0.2, -0.15) is 0 Å². The van der Waals surface area contributed by atoms with E-state index in [2.05, 4.69) is 0 Å². The highest BCUT2D eigenvalue weighted by Gasteiger charge is 2.47. The molecule has 1 amide bonds. The van der Waals surface area contributed by atoms with Gasteiger partial charge in [0.2, 0.25) is 15.7 Å². The SMILES string of the molecule is Cc1ccccc1S(=O)(=O)c1ccc2c(c1)[C@@H](N1CCCC1=O)[C@H](O)C(C)(C)O2. The van der Waals surface area contributed by atoms with Gasteiger partial charge in [0.15, 0.2) is 0 Å². The fraction of sp³-hybridized carbons (Fsp3) is 0.409. The van der Waals surface area contributed by atoms with Crippen molar-refractivity contribution < 1.29 is 23.1 Å². The minimum atomic E-state index is -3.75. The summed E-state index contributed by atoms with van der Waals surface area (Å²) in [5.41, 5.74) is 0.285. The van der Waals surface area contributed by atoms with Crippen LogP contribution in [-0.4, -0.2) is 42.6 Å². The average molecular weight is 416 g/mol. The molecule has 154 valence electrons. The minimum absolute atomic E-state index is 0.0372. The summed E-state index contributed by atoms with van der Waals surface area (Å²) in [7, 11) is -3.75. The van der Waals surface area contributed by atoms with E-state index in [-0.39, 0.29) is 15.7 Å². The van der Waals surface area contributed by atoms with E-state index in [9.17, 15) is 18.3 Å². The number of hydrogen-bond donors (Lipinski definition) is 1. The quantitative estimate of drug-likeness (QED) is 0.833. The molecule has 0 aliphatic carbocycles. The number of rotatable bonds is 3. The van der Waals surface area contributed by atoms with Crippen LogP contribution in [0.2, 0.25) is 0 Å². The minimum Gasteiger partial charge on any atom is -0.485 e. The molecule has 2 aromatic rings. The number of hydrogen-bond acceptors (Lipinski definition) is 5. The predicted octanol–water partition coefficient (Wildman–Crippen LogP) is 3.02. The van der Waals surface area contributed by atoms with Gasteiger partial charge in [-0.3, -0.25) is 4.79 Å². The Hall–Kier alpha value is -2.38. The third-order valence-electron chi connectivity index (χ3n) is 5.82. The number of carbonyl (C=O) groups excluding carboxylic acids is 1. The largest absolute Gasteiger partial charge is 0.485 e. The Bertz CT molecular complexity index is 1080. The van der Waals surface area contributed by atoms with Crippen LogP contribution in [0.5, 0.6) is 5.75 Å². The van der Waals surface area contributed by atoms with Gasteiger partial charge in [-0.25, -0.2) is 8.42 Å². The third-order valence-corrected chi connectivity index (χ3v) is 7.74. The monoisotopic (exact) mass is 415 g/mol. The summed E-state index contributed by atoms with van der Waals surface area (Å²) in [6, 6.07) is 10.9. The molecule has 0 saturated carbocycles. The van der Waals surface area contributed by atoms with Crippen molar-refractivity contribution in [2.75, 3.05) is 6.54 Å². The number of fused-ring (bicyclic) bond motifs is 1. The second-order valence-corrected chi connectivity index (χ2v) is 10.2. The first-order valence-corrected chi connectivity index (χ1v) is 11.2. The highest BCUT2D eigenvalue weighted by Crippen LogP contribution is 2.45. The lowest BCUT2D eigenvalue weighted by molar-refractivity contribution is -0.139. The smallest absolute Gasteiger partial charge is 0.223 e. The fourth-order valence-electron chi connectivity index (χ4n) is 4.20. The number of amides is 1. The Morgan fingerprint density at radius 1 is 1.17 bits per heavy atom. The molecule has 0 bridgehead atoms. The van der Waals surface area contributed by atoms with Crippen LogP contribution in [-0.2, 0) is 14.6 Å². The van der Waals surface area contributed by atoms with Gasteiger partial charge in [-0.05, 0) is 57.0 Å². The summed E-state index contributed by atoms with van der Waals surface area (Å²) >= 11 is 0. The van der Waals surface area contributed by atoms with E-state index in [4.69, 9.17) is 4.74 Å². The van der Waals surface area contributed by atoms with E-state index in [1.54, 1.807) is 62.1 Å². The van der Waals surface area contributed by atoms with Gasteiger partial charge in [-0.1, -0.05) is 18.2 Å². The van der Waals surface area contributed by atoms with Gasteiger partial charge in [0.1, 0.15) is 17.5 Å². The molecule has 29 heavy (non-hydrogen) atoms. The zero-order valence-electron chi connectivity index (χ0n) is 16.8. The molecule has 0 radical (unpaired) electrons. The second-order valence-electron chi connectivity index (χ2n) is 8.25. The van der Waals surface area contributed by atoms with Crippen molar-refractivity contribution in [3.8, 4) is 5.75 Å². The Morgan fingerprint density at radius 3 is 2.55 bits per heavy atom. The molecule has 1 N–H and O–H groups in total. The lowest BCUT2D eigenvalue weighted by Crippen LogP contribution is -2.53. The lowest BCUT2D eigenvalue weighted by Gasteiger charge is -2.45. The first-order chi connectivity index (χ1) is 13.6. The van der Waals surface area contributed by atoms with Crippen LogP contribution < -0.4 is 4.74 Å². The van der Waals surface area contributed by atoms with E-state index in [1.807, 2.05) is 0 Å². The van der Waals surface area contributed by atoms with E-state index >= 15 is 0 Å². The molecule has 1 saturated heterocycles. The molecule has 2 aliphatic rings. The Labute approximate surface area is 171 Å². The first-order valence-electron chi connectivity index (χ1n) is 9.74. The molecule has 1 fully saturated rings. The van der Waals surface area contributed by atoms with Gasteiger partial charge < -0.3 is 14.7 Å². The molecule has 7 heteroatoms. The summed E-state index contributed by atoms with van der Waals surface area (Å²) in [4.78, 5) is 14.5. The van der Waals surface area contributed by atoms with E-state index in [1.165, 1.54) is 6.07 Å². The number of nitrogens with zero attached hydrogens (tertiary/aromatic N) is 1. The molecule has 4 rings (SSSR count). The highest BCUT2D eigenvalue weighted by atomic mass is 32.2. The van der Waals surface area contributed by atoms with Crippen molar-refractivity contribution in [2.24, 2.45) is 0 Å². The Kier molecular flexibility index (Phi) is 4.70. The summed E-state index contributed by atoms with van der Waals surface area (Å²) in [6.45, 7) is 5.83. The first kappa shape index (κ1) is 19.9. The van der Waals surface area contributed by atoms with Crippen LogP contribution in [0, 0.1) is 6.92 Å². The normalized spacial score (nSPS) is 23.6. The lowest BCUT2D eigenvalue weighted by atomic mass is 9.85. The topological polar surface area (TPSA) is 83.9 Å². The van der Waals surface area contributed by atoms with E-state index in [0.717, 1.165) is 6.42 Å². The van der Waals surface area contributed by atoms with Crippen LogP contribution in [0.4, 0.5) is 0 Å². The molecule has 0 aromatic heterocycles. The number of aliphatic hydroxyl groups excluding tert-OH is 1. The van der Waals surface area contributed by atoms with Crippen LogP contribution in [0.1, 0.15) is 43.9 Å². The van der Waals surface area contributed by atoms with Gasteiger partial charge >= 0.3 is 0 Å². The highest BCUT2D eigenvalue weighted by molar-refractivity contribution is 7.91. The molecule has 0 spiro atoms. The maximum Gasteiger partial charge on any atom is 0.223 e. The molecule has 2 atom stereocenters. The number of aryl methyl sites for hydroxylation is 1. The van der Waals surface area contributed by atoms with Crippen LogP contribution in [0.3, 0.4) is 0 Å². The van der Waals surface area contributed by atoms with Crippen molar-refractivity contribution >= 4 is 15.7 Å². The van der Waals surface area contributed by atoms with Gasteiger partial charge in [-0.15, -0.1) is 0 Å². The average Bonchev–Trinajstić information content (AvgIpc) is 3.08. The number of benzene rings is 2. The van der Waals surface area contributed by atoms with Crippen LogP contribution in [0.15, 0.2) is 52.3 Å². The summed E-state index contributed by atoms with van der Waals surface area (Å²) in [6.07, 6.45) is 0.175. The molecule has 0 unspecified atom stereocenters. The predicted molar refractivity (Wildman–Crippen MR) is 107 cm³/mol. The zero-order valence-corrected chi connectivity index (χ0v) is 17.6. The summed E-state index contributed by atoms with van der Waals surface area (Å²) in [5.74, 6) is 0.457. The number of sulfone groups is 1. The van der Waals surface area contributed by atoms with E-state index in [0.29, 0.717) is 29.8 Å². The van der Waals surface area contributed by atoms with Crippen molar-refractivity contribution in [1.82, 2.24) is 4.90 Å². The zero-order chi connectivity index (χ0) is 21.0. The molecule has 2 aliphatic heterocycles. The summed E-state index contributed by atoms with van der Waals surface area (Å²) < 4.78 is 32.5. The van der Waals surface area contributed by atoms with Crippen LogP contribution >= 0.6 is 0 Å². The van der Waals surface area contributed by atoms with Crippen molar-refractivity contribution in [1.29, 1.82) is 0 Å². The van der Waals surface area contributed by atoms with Crippen molar-refractivity contribution in [3.05, 3.63) is 53.6 Å². The van der Waals surface area contributed by atoms with Gasteiger partial charge in [0.25, 0.3) is 0 Å². The number of likely N-dealkylation sites (tertiary alicyclic amines) is 1. The summed E-state index contributed by atoms with van der Waals surface area (Å²) in [5, 5.41) is 11.0. The molecule has 2 aromatic carbocycles. The van der Waals surface area contributed by atoms with Gasteiger partial charge in [0, 0.05) is 18.5 Å². The third kappa shape index (κ3) is 3.22. The molecular weight excluding hydrogens is 390 g/mol. The Morgan fingerprint density at radius 2 is 1.90 bits per heavy atom. The fourth-order valence-corrected chi connectivity index (χ4v) is 5.73. The van der Waals surface area contributed by atoms with Gasteiger partial charge in [0.05, 0.1) is 15.8 Å². The number of ether oxygens (including phenoxy) is 1. The Balaban J connectivity index is 1.86. The number of aliphatic hydroxyl groups is 1. The van der Waals surface area contributed by atoms with E-state index < -0.39 is 27.6 Å². The maximum absolute atomic E-state index is 13.3. The number of carbonyl (C=O) groups is 1. The van der Waals surface area contributed by atoms with Crippen molar-refractivity contribution in [3.63, 3.8) is 0 Å².